The number of para-hydroxylation sites is 1. The number of aryl methyl sites for hydroxylation is 1. The molecule has 0 bridgehead atoms. The number of benzene rings is 3. The average Bonchev–Trinajstić information content (AvgIpc) is 3.28. The first-order valence-corrected chi connectivity index (χ1v) is 13.5. The van der Waals surface area contributed by atoms with Crippen LogP contribution in [0.25, 0.3) is 10.2 Å². The van der Waals surface area contributed by atoms with Gasteiger partial charge in [-0.05, 0) is 62.2 Å². The zero-order chi connectivity index (χ0) is 23.7. The van der Waals surface area contributed by atoms with E-state index in [2.05, 4.69) is 10.8 Å². The third-order valence-corrected chi connectivity index (χ3v) is 8.73. The number of carbonyl (C=O) groups is 1. The summed E-state index contributed by atoms with van der Waals surface area (Å²) in [7, 11) is -3.73. The molecule has 8 heteroatoms. The first-order valence-electron chi connectivity index (χ1n) is 11.2. The van der Waals surface area contributed by atoms with E-state index in [0.717, 1.165) is 28.9 Å². The molecular weight excluding hydrogens is 466 g/mol. The van der Waals surface area contributed by atoms with Gasteiger partial charge in [0.1, 0.15) is 0 Å². The second-order valence-corrected chi connectivity index (χ2v) is 11.3. The van der Waals surface area contributed by atoms with E-state index in [9.17, 15) is 13.2 Å². The van der Waals surface area contributed by atoms with E-state index >= 15 is 0 Å². The number of carbonyl (C=O) groups excluding carboxylic acids is 1. The summed E-state index contributed by atoms with van der Waals surface area (Å²) in [6.07, 6.45) is 1.73. The van der Waals surface area contributed by atoms with Crippen molar-refractivity contribution in [2.75, 3.05) is 17.8 Å². The van der Waals surface area contributed by atoms with Gasteiger partial charge in [-0.3, -0.25) is 9.52 Å². The van der Waals surface area contributed by atoms with Gasteiger partial charge in [0, 0.05) is 30.3 Å². The molecule has 1 aromatic heterocycles. The highest BCUT2D eigenvalue weighted by atomic mass is 32.2. The lowest BCUT2D eigenvalue weighted by Crippen LogP contribution is -2.37. The van der Waals surface area contributed by atoms with E-state index in [-0.39, 0.29) is 10.8 Å². The van der Waals surface area contributed by atoms with Crippen LogP contribution in [0.3, 0.4) is 0 Å². The number of amides is 1. The minimum atomic E-state index is -3.73. The molecular formula is C26H25N3O3S2. The smallest absolute Gasteiger partial charge is 0.261 e. The molecule has 0 unspecified atom stereocenters. The van der Waals surface area contributed by atoms with Crippen LogP contribution in [0, 0.1) is 6.92 Å². The summed E-state index contributed by atoms with van der Waals surface area (Å²) < 4.78 is 29.2. The van der Waals surface area contributed by atoms with Crippen LogP contribution in [0.15, 0.2) is 77.7 Å². The molecule has 1 aliphatic heterocycles. The topological polar surface area (TPSA) is 79.4 Å². The standard InChI is InChI=1S/C26H25N3O3S2/c1-18-9-11-22(12-10-18)34(31,32)28-21-6-4-5-20(17-21)26(30)29-15-13-19(14-16-29)25-27-23-7-2-3-8-24(23)33-25/h2-12,17,19,28H,13-16H2,1H3. The molecule has 0 aliphatic carbocycles. The highest BCUT2D eigenvalue weighted by Gasteiger charge is 2.27. The number of fused-ring (bicyclic) bond motifs is 1. The Morgan fingerprint density at radius 3 is 2.47 bits per heavy atom. The maximum atomic E-state index is 13.1. The van der Waals surface area contributed by atoms with Gasteiger partial charge in [-0.25, -0.2) is 13.4 Å². The van der Waals surface area contributed by atoms with E-state index in [0.29, 0.717) is 30.3 Å². The molecule has 1 N–H and O–H groups in total. The predicted molar refractivity (Wildman–Crippen MR) is 136 cm³/mol. The highest BCUT2D eigenvalue weighted by Crippen LogP contribution is 2.34. The lowest BCUT2D eigenvalue weighted by atomic mass is 9.97. The van der Waals surface area contributed by atoms with Crippen LogP contribution in [0.4, 0.5) is 5.69 Å². The zero-order valence-electron chi connectivity index (χ0n) is 18.8. The minimum Gasteiger partial charge on any atom is -0.339 e. The molecule has 5 rings (SSSR count). The second kappa shape index (κ2) is 9.19. The van der Waals surface area contributed by atoms with Crippen molar-refractivity contribution in [3.05, 3.63) is 88.9 Å². The van der Waals surface area contributed by atoms with Crippen LogP contribution >= 0.6 is 11.3 Å². The van der Waals surface area contributed by atoms with Gasteiger partial charge in [-0.2, -0.15) is 0 Å². The van der Waals surface area contributed by atoms with Gasteiger partial charge >= 0.3 is 0 Å². The highest BCUT2D eigenvalue weighted by molar-refractivity contribution is 7.92. The van der Waals surface area contributed by atoms with Gasteiger partial charge in [0.2, 0.25) is 0 Å². The van der Waals surface area contributed by atoms with Gasteiger partial charge in [-0.1, -0.05) is 35.9 Å². The van der Waals surface area contributed by atoms with Crippen molar-refractivity contribution in [2.45, 2.75) is 30.6 Å². The molecule has 1 fully saturated rings. The van der Waals surface area contributed by atoms with Crippen LogP contribution in [-0.4, -0.2) is 37.3 Å². The monoisotopic (exact) mass is 491 g/mol. The number of likely N-dealkylation sites (tertiary alicyclic amines) is 1. The van der Waals surface area contributed by atoms with Crippen molar-refractivity contribution < 1.29 is 13.2 Å². The van der Waals surface area contributed by atoms with Crippen LogP contribution in [-0.2, 0) is 10.0 Å². The van der Waals surface area contributed by atoms with Crippen molar-refractivity contribution in [1.29, 1.82) is 0 Å². The van der Waals surface area contributed by atoms with Crippen LogP contribution in [0.2, 0.25) is 0 Å². The van der Waals surface area contributed by atoms with E-state index in [1.165, 1.54) is 4.70 Å². The maximum Gasteiger partial charge on any atom is 0.261 e. The van der Waals surface area contributed by atoms with Crippen LogP contribution in [0.1, 0.15) is 39.7 Å². The Hall–Kier alpha value is -3.23. The number of hydrogen-bond acceptors (Lipinski definition) is 5. The number of anilines is 1. The van der Waals surface area contributed by atoms with Crippen molar-refractivity contribution in [3.8, 4) is 0 Å². The van der Waals surface area contributed by atoms with E-state index in [1.54, 1.807) is 59.9 Å². The SMILES string of the molecule is Cc1ccc(S(=O)(=O)Nc2cccc(C(=O)N3CCC(c4nc5ccccc5s4)CC3)c2)cc1. The minimum absolute atomic E-state index is 0.0841. The summed E-state index contributed by atoms with van der Waals surface area (Å²) in [6, 6.07) is 21.5. The van der Waals surface area contributed by atoms with Crippen molar-refractivity contribution >= 4 is 43.2 Å². The summed E-state index contributed by atoms with van der Waals surface area (Å²) in [5, 5.41) is 1.14. The third-order valence-electron chi connectivity index (χ3n) is 6.13. The van der Waals surface area contributed by atoms with Gasteiger partial charge < -0.3 is 4.90 Å². The lowest BCUT2D eigenvalue weighted by Gasteiger charge is -2.31. The molecule has 0 saturated carbocycles. The van der Waals surface area contributed by atoms with Crippen LogP contribution < -0.4 is 4.72 Å². The predicted octanol–water partition coefficient (Wildman–Crippen LogP) is 5.43. The van der Waals surface area contributed by atoms with E-state index in [4.69, 9.17) is 4.98 Å². The number of nitrogens with one attached hydrogen (secondary N) is 1. The van der Waals surface area contributed by atoms with Gasteiger partial charge in [-0.15, -0.1) is 11.3 Å². The van der Waals surface area contributed by atoms with E-state index < -0.39 is 10.0 Å². The first-order chi connectivity index (χ1) is 16.4. The molecule has 2 heterocycles. The molecule has 1 amide bonds. The first kappa shape index (κ1) is 22.6. The molecule has 4 aromatic rings. The van der Waals surface area contributed by atoms with Crippen LogP contribution in [0.5, 0.6) is 0 Å². The number of aromatic nitrogens is 1. The molecule has 1 saturated heterocycles. The average molecular weight is 492 g/mol. The summed E-state index contributed by atoms with van der Waals surface area (Å²) >= 11 is 1.74. The Balaban J connectivity index is 1.25. The summed E-state index contributed by atoms with van der Waals surface area (Å²) in [6.45, 7) is 3.21. The molecule has 6 nitrogen and oxygen atoms in total. The Bertz CT molecular complexity index is 1400. The molecule has 0 spiro atoms. The molecule has 0 atom stereocenters. The summed E-state index contributed by atoms with van der Waals surface area (Å²) in [5.74, 6) is 0.272. The largest absolute Gasteiger partial charge is 0.339 e. The summed E-state index contributed by atoms with van der Waals surface area (Å²) in [4.78, 5) is 20.0. The van der Waals surface area contributed by atoms with Gasteiger partial charge in [0.15, 0.2) is 0 Å². The fraction of sp³-hybridized carbons (Fsp3) is 0.231. The number of sulfonamides is 1. The lowest BCUT2D eigenvalue weighted by molar-refractivity contribution is 0.0713. The number of nitrogens with zero attached hydrogens (tertiary/aromatic N) is 2. The number of rotatable bonds is 5. The molecule has 3 aromatic carbocycles. The number of hydrogen-bond donors (Lipinski definition) is 1. The Kier molecular flexibility index (Phi) is 6.10. The third kappa shape index (κ3) is 4.69. The summed E-state index contributed by atoms with van der Waals surface area (Å²) in [5.41, 5.74) is 2.86. The zero-order valence-corrected chi connectivity index (χ0v) is 20.4. The second-order valence-electron chi connectivity index (χ2n) is 8.59. The van der Waals surface area contributed by atoms with Gasteiger partial charge in [0.05, 0.1) is 20.1 Å². The van der Waals surface area contributed by atoms with E-state index in [1.807, 2.05) is 30.0 Å². The molecule has 0 radical (unpaired) electrons. The van der Waals surface area contributed by atoms with Gasteiger partial charge in [0.25, 0.3) is 15.9 Å². The van der Waals surface area contributed by atoms with Crippen molar-refractivity contribution in [1.82, 2.24) is 9.88 Å². The Morgan fingerprint density at radius 1 is 1.00 bits per heavy atom. The normalized spacial score (nSPS) is 14.9. The fourth-order valence-corrected chi connectivity index (χ4v) is 6.41. The van der Waals surface area contributed by atoms with Crippen molar-refractivity contribution in [2.24, 2.45) is 0 Å². The fourth-order valence-electron chi connectivity index (χ4n) is 4.22. The Morgan fingerprint density at radius 2 is 1.74 bits per heavy atom. The quantitative estimate of drug-likeness (QED) is 0.404. The molecule has 1 aliphatic rings. The maximum absolute atomic E-state index is 13.1. The Labute approximate surface area is 203 Å². The number of thiazole rings is 1. The van der Waals surface area contributed by atoms with Crippen molar-refractivity contribution in [3.63, 3.8) is 0 Å². The molecule has 174 valence electrons. The number of piperidine rings is 1. The molecule has 34 heavy (non-hydrogen) atoms.